The Labute approximate surface area is 213 Å². The standard InChI is InChI=1S/C26H25FN2O7S/c1-17-4-10-23(11-5-17)37(33,34)29(15-18-6-8-21(27)9-7-18)16-24(30)28-22-13-19(25(31)35-2)12-20(14-22)26(32)36-3/h4-14H,15-16H2,1-3H3,(H,28,30). The van der Waals surface area contributed by atoms with Crippen molar-refractivity contribution in [3.8, 4) is 0 Å². The van der Waals surface area contributed by atoms with Crippen LogP contribution in [0.3, 0.4) is 0 Å². The maximum Gasteiger partial charge on any atom is 0.337 e. The normalized spacial score (nSPS) is 11.2. The van der Waals surface area contributed by atoms with E-state index in [1.54, 1.807) is 12.1 Å². The summed E-state index contributed by atoms with van der Waals surface area (Å²) in [6.07, 6.45) is 0. The molecule has 0 aliphatic rings. The quantitative estimate of drug-likeness (QED) is 0.422. The molecule has 11 heteroatoms. The highest BCUT2D eigenvalue weighted by Gasteiger charge is 2.27. The number of nitrogens with zero attached hydrogens (tertiary/aromatic N) is 1. The molecule has 37 heavy (non-hydrogen) atoms. The molecule has 0 saturated heterocycles. The number of anilines is 1. The highest BCUT2D eigenvalue weighted by atomic mass is 32.2. The molecule has 0 fully saturated rings. The summed E-state index contributed by atoms with van der Waals surface area (Å²) in [5.74, 6) is -2.72. The number of nitrogens with one attached hydrogen (secondary N) is 1. The molecule has 1 N–H and O–H groups in total. The highest BCUT2D eigenvalue weighted by Crippen LogP contribution is 2.21. The molecule has 3 rings (SSSR count). The van der Waals surface area contributed by atoms with Gasteiger partial charge in [0.25, 0.3) is 0 Å². The van der Waals surface area contributed by atoms with Crippen LogP contribution in [0.25, 0.3) is 0 Å². The maximum atomic E-state index is 13.4. The van der Waals surface area contributed by atoms with Crippen LogP contribution in [0.2, 0.25) is 0 Å². The number of ether oxygens (including phenoxy) is 2. The molecule has 1 amide bonds. The minimum Gasteiger partial charge on any atom is -0.465 e. The lowest BCUT2D eigenvalue weighted by atomic mass is 10.1. The number of rotatable bonds is 9. The van der Waals surface area contributed by atoms with Gasteiger partial charge in [-0.1, -0.05) is 29.8 Å². The Kier molecular flexibility index (Phi) is 8.74. The summed E-state index contributed by atoms with van der Waals surface area (Å²) in [6.45, 7) is 0.994. The number of hydrogen-bond donors (Lipinski definition) is 1. The van der Waals surface area contributed by atoms with Crippen molar-refractivity contribution in [2.45, 2.75) is 18.4 Å². The Hall–Kier alpha value is -4.09. The van der Waals surface area contributed by atoms with Crippen LogP contribution in [-0.4, -0.2) is 51.3 Å². The number of halogens is 1. The molecule has 0 atom stereocenters. The average Bonchev–Trinajstić information content (AvgIpc) is 2.88. The van der Waals surface area contributed by atoms with E-state index in [0.29, 0.717) is 5.56 Å². The van der Waals surface area contributed by atoms with Crippen molar-refractivity contribution < 1.29 is 36.7 Å². The van der Waals surface area contributed by atoms with Crippen LogP contribution >= 0.6 is 0 Å². The molecule has 3 aromatic rings. The zero-order valence-electron chi connectivity index (χ0n) is 20.4. The van der Waals surface area contributed by atoms with Gasteiger partial charge in [-0.2, -0.15) is 4.31 Å². The van der Waals surface area contributed by atoms with Crippen molar-refractivity contribution in [2.75, 3.05) is 26.1 Å². The van der Waals surface area contributed by atoms with E-state index in [0.717, 1.165) is 24.1 Å². The Morgan fingerprint density at radius 2 is 1.41 bits per heavy atom. The minimum atomic E-state index is -4.13. The first kappa shape index (κ1) is 27.5. The summed E-state index contributed by atoms with van der Waals surface area (Å²) in [5, 5.41) is 2.52. The van der Waals surface area contributed by atoms with E-state index < -0.39 is 40.2 Å². The van der Waals surface area contributed by atoms with Crippen LogP contribution in [0.15, 0.2) is 71.6 Å². The zero-order valence-corrected chi connectivity index (χ0v) is 21.2. The van der Waals surface area contributed by atoms with Gasteiger partial charge in [-0.25, -0.2) is 22.4 Å². The second-order valence-electron chi connectivity index (χ2n) is 8.04. The molecule has 0 heterocycles. The van der Waals surface area contributed by atoms with Gasteiger partial charge < -0.3 is 14.8 Å². The third kappa shape index (κ3) is 6.99. The molecule has 0 bridgehead atoms. The molecule has 0 aliphatic carbocycles. The van der Waals surface area contributed by atoms with Crippen LogP contribution in [0.1, 0.15) is 31.8 Å². The molecule has 0 radical (unpaired) electrons. The zero-order chi connectivity index (χ0) is 27.2. The molecular formula is C26H25FN2O7S. The number of carbonyl (C=O) groups is 3. The van der Waals surface area contributed by atoms with Gasteiger partial charge in [0.05, 0.1) is 36.8 Å². The van der Waals surface area contributed by atoms with Crippen molar-refractivity contribution in [1.82, 2.24) is 4.31 Å². The van der Waals surface area contributed by atoms with E-state index in [1.807, 2.05) is 6.92 Å². The molecule has 0 unspecified atom stereocenters. The van der Waals surface area contributed by atoms with Gasteiger partial charge in [0.1, 0.15) is 5.82 Å². The SMILES string of the molecule is COC(=O)c1cc(NC(=O)CN(Cc2ccc(F)cc2)S(=O)(=O)c2ccc(C)cc2)cc(C(=O)OC)c1. The van der Waals surface area contributed by atoms with Crippen molar-refractivity contribution in [2.24, 2.45) is 0 Å². The number of amides is 1. The Bertz CT molecular complexity index is 1370. The van der Waals surface area contributed by atoms with Gasteiger partial charge >= 0.3 is 11.9 Å². The van der Waals surface area contributed by atoms with Gasteiger partial charge in [0.2, 0.25) is 15.9 Å². The molecule has 0 spiro atoms. The molecule has 0 aliphatic heterocycles. The van der Waals surface area contributed by atoms with Gasteiger partial charge in [0.15, 0.2) is 0 Å². The van der Waals surface area contributed by atoms with Crippen LogP contribution in [0, 0.1) is 12.7 Å². The van der Waals surface area contributed by atoms with E-state index in [4.69, 9.17) is 0 Å². The summed E-state index contributed by atoms with van der Waals surface area (Å²) < 4.78 is 50.5. The Morgan fingerprint density at radius 1 is 0.865 bits per heavy atom. The van der Waals surface area contributed by atoms with E-state index in [2.05, 4.69) is 14.8 Å². The maximum absolute atomic E-state index is 13.4. The van der Waals surface area contributed by atoms with Crippen LogP contribution in [0.5, 0.6) is 0 Å². The lowest BCUT2D eigenvalue weighted by Gasteiger charge is -2.22. The fourth-order valence-corrected chi connectivity index (χ4v) is 4.79. The Morgan fingerprint density at radius 3 is 1.92 bits per heavy atom. The molecular weight excluding hydrogens is 503 g/mol. The van der Waals surface area contributed by atoms with Gasteiger partial charge in [-0.15, -0.1) is 0 Å². The molecule has 3 aromatic carbocycles. The predicted molar refractivity (Wildman–Crippen MR) is 133 cm³/mol. The van der Waals surface area contributed by atoms with E-state index in [9.17, 15) is 27.2 Å². The van der Waals surface area contributed by atoms with Crippen molar-refractivity contribution >= 4 is 33.6 Å². The smallest absolute Gasteiger partial charge is 0.337 e. The van der Waals surface area contributed by atoms with Crippen LogP contribution in [0.4, 0.5) is 10.1 Å². The summed E-state index contributed by atoms with van der Waals surface area (Å²) in [5.41, 5.74) is 1.34. The second kappa shape index (κ2) is 11.8. The number of hydrogen-bond acceptors (Lipinski definition) is 7. The number of carbonyl (C=O) groups excluding carboxylic acids is 3. The molecule has 0 aromatic heterocycles. The number of benzene rings is 3. The summed E-state index contributed by atoms with van der Waals surface area (Å²) in [6, 6.07) is 15.2. The minimum absolute atomic E-state index is 0.0175. The number of esters is 2. The number of methoxy groups -OCH3 is 2. The van der Waals surface area contributed by atoms with Gasteiger partial charge in [0, 0.05) is 12.2 Å². The molecule has 9 nitrogen and oxygen atoms in total. The van der Waals surface area contributed by atoms with E-state index in [1.165, 1.54) is 54.6 Å². The lowest BCUT2D eigenvalue weighted by molar-refractivity contribution is -0.116. The number of sulfonamides is 1. The molecule has 194 valence electrons. The third-order valence-corrected chi connectivity index (χ3v) is 7.12. The second-order valence-corrected chi connectivity index (χ2v) is 9.98. The first-order valence-electron chi connectivity index (χ1n) is 11.0. The van der Waals surface area contributed by atoms with Crippen LogP contribution < -0.4 is 5.32 Å². The fraction of sp³-hybridized carbons (Fsp3) is 0.192. The first-order chi connectivity index (χ1) is 17.5. The van der Waals surface area contributed by atoms with E-state index in [-0.39, 0.29) is 28.3 Å². The lowest BCUT2D eigenvalue weighted by Crippen LogP contribution is -2.37. The highest BCUT2D eigenvalue weighted by molar-refractivity contribution is 7.89. The van der Waals surface area contributed by atoms with Crippen molar-refractivity contribution in [3.63, 3.8) is 0 Å². The van der Waals surface area contributed by atoms with E-state index >= 15 is 0 Å². The van der Waals surface area contributed by atoms with Crippen molar-refractivity contribution in [1.29, 1.82) is 0 Å². The average molecular weight is 529 g/mol. The molecule has 0 saturated carbocycles. The number of aryl methyl sites for hydroxylation is 1. The largest absolute Gasteiger partial charge is 0.465 e. The summed E-state index contributed by atoms with van der Waals surface area (Å²) in [7, 11) is -1.81. The summed E-state index contributed by atoms with van der Waals surface area (Å²) >= 11 is 0. The fourth-order valence-electron chi connectivity index (χ4n) is 3.41. The van der Waals surface area contributed by atoms with Gasteiger partial charge in [-0.05, 0) is 55.0 Å². The third-order valence-electron chi connectivity index (χ3n) is 5.31. The predicted octanol–water partition coefficient (Wildman–Crippen LogP) is 3.54. The van der Waals surface area contributed by atoms with Crippen LogP contribution in [-0.2, 0) is 30.8 Å². The monoisotopic (exact) mass is 528 g/mol. The Balaban J connectivity index is 1.92. The first-order valence-corrected chi connectivity index (χ1v) is 12.4. The summed E-state index contributed by atoms with van der Waals surface area (Å²) in [4.78, 5) is 37.0. The van der Waals surface area contributed by atoms with Gasteiger partial charge in [-0.3, -0.25) is 4.79 Å². The van der Waals surface area contributed by atoms with Crippen molar-refractivity contribution in [3.05, 3.63) is 94.8 Å². The topological polar surface area (TPSA) is 119 Å².